The minimum atomic E-state index is -0.201. The van der Waals surface area contributed by atoms with Gasteiger partial charge in [-0.2, -0.15) is 0 Å². The first-order valence-corrected chi connectivity index (χ1v) is 9.06. The van der Waals surface area contributed by atoms with E-state index in [0.29, 0.717) is 34.4 Å². The van der Waals surface area contributed by atoms with E-state index >= 15 is 0 Å². The number of aromatic nitrogens is 2. The van der Waals surface area contributed by atoms with Crippen molar-refractivity contribution >= 4 is 35.0 Å². The van der Waals surface area contributed by atoms with Gasteiger partial charge in [-0.3, -0.25) is 14.2 Å². The second-order valence-corrected chi connectivity index (χ2v) is 6.68. The van der Waals surface area contributed by atoms with Crippen LogP contribution in [0.3, 0.4) is 0 Å². The van der Waals surface area contributed by atoms with Crippen molar-refractivity contribution < 1.29 is 4.42 Å². The normalized spacial score (nSPS) is 11.4. The third-order valence-corrected chi connectivity index (χ3v) is 4.49. The van der Waals surface area contributed by atoms with Gasteiger partial charge < -0.3 is 9.73 Å². The Morgan fingerprint density at radius 1 is 1.21 bits per heavy atom. The van der Waals surface area contributed by atoms with Crippen LogP contribution in [-0.4, -0.2) is 15.6 Å². The molecule has 0 aliphatic rings. The summed E-state index contributed by atoms with van der Waals surface area (Å²) in [6, 6.07) is 14.6. The van der Waals surface area contributed by atoms with Crippen molar-refractivity contribution in [2.45, 2.75) is 13.5 Å². The molecule has 3 aromatic heterocycles. The summed E-state index contributed by atoms with van der Waals surface area (Å²) < 4.78 is 6.81. The number of hydrogen-bond acceptors (Lipinski definition) is 5. The highest BCUT2D eigenvalue weighted by molar-refractivity contribution is 6.30. The molecule has 28 heavy (non-hydrogen) atoms. The molecule has 1 N–H and O–H groups in total. The van der Waals surface area contributed by atoms with E-state index in [9.17, 15) is 4.79 Å². The van der Waals surface area contributed by atoms with Gasteiger partial charge in [0.05, 0.1) is 12.8 Å². The minimum absolute atomic E-state index is 0.201. The fourth-order valence-electron chi connectivity index (χ4n) is 2.82. The van der Waals surface area contributed by atoms with Crippen molar-refractivity contribution in [3.8, 4) is 0 Å². The molecule has 0 spiro atoms. The quantitative estimate of drug-likeness (QED) is 0.503. The summed E-state index contributed by atoms with van der Waals surface area (Å²) in [6.45, 7) is 2.25. The average Bonchev–Trinajstić information content (AvgIpc) is 3.20. The standard InChI is InChI=1S/C21H17ClN4O2/c1-14-4-2-10-26-20(14)25-19(24-16-8-6-15(22)7-9-16)18(21(26)27)13-23-12-17-5-3-11-28-17/h2-11,13,24H,12H2,1H3. The Morgan fingerprint density at radius 3 is 2.79 bits per heavy atom. The second kappa shape index (κ2) is 7.70. The Morgan fingerprint density at radius 2 is 2.04 bits per heavy atom. The molecular weight excluding hydrogens is 376 g/mol. The number of aryl methyl sites for hydroxylation is 1. The van der Waals surface area contributed by atoms with E-state index in [1.54, 1.807) is 30.7 Å². The highest BCUT2D eigenvalue weighted by Gasteiger charge is 2.13. The van der Waals surface area contributed by atoms with Crippen molar-refractivity contribution in [2.75, 3.05) is 5.32 Å². The smallest absolute Gasteiger partial charge is 0.268 e. The molecule has 140 valence electrons. The van der Waals surface area contributed by atoms with E-state index in [1.165, 1.54) is 10.6 Å². The molecule has 1 aromatic carbocycles. The number of hydrogen-bond donors (Lipinski definition) is 1. The number of pyridine rings is 1. The number of nitrogens with zero attached hydrogens (tertiary/aromatic N) is 3. The molecule has 0 unspecified atom stereocenters. The Balaban J connectivity index is 1.80. The maximum absolute atomic E-state index is 13.1. The molecule has 0 bridgehead atoms. The third kappa shape index (κ3) is 3.68. The molecule has 0 amide bonds. The SMILES string of the molecule is Cc1cccn2c(=O)c(C=NCc3ccco3)c(Nc3ccc(Cl)cc3)nc12. The molecule has 0 atom stereocenters. The lowest BCUT2D eigenvalue weighted by Crippen LogP contribution is -2.22. The molecule has 0 saturated heterocycles. The van der Waals surface area contributed by atoms with Gasteiger partial charge in [0.15, 0.2) is 0 Å². The van der Waals surface area contributed by atoms with Crippen molar-refractivity contribution in [1.29, 1.82) is 0 Å². The highest BCUT2D eigenvalue weighted by atomic mass is 35.5. The lowest BCUT2D eigenvalue weighted by Gasteiger charge is -2.11. The van der Waals surface area contributed by atoms with Crippen molar-refractivity contribution in [1.82, 2.24) is 9.38 Å². The summed E-state index contributed by atoms with van der Waals surface area (Å²) in [5.41, 5.74) is 2.43. The number of furan rings is 1. The maximum Gasteiger partial charge on any atom is 0.268 e. The molecule has 6 nitrogen and oxygen atoms in total. The molecule has 0 radical (unpaired) electrons. The predicted octanol–water partition coefficient (Wildman–Crippen LogP) is 4.61. The zero-order chi connectivity index (χ0) is 19.5. The van der Waals surface area contributed by atoms with Crippen LogP contribution in [0.25, 0.3) is 5.65 Å². The highest BCUT2D eigenvalue weighted by Crippen LogP contribution is 2.20. The number of rotatable bonds is 5. The first-order valence-electron chi connectivity index (χ1n) is 8.68. The Hall–Kier alpha value is -3.38. The molecule has 4 rings (SSSR count). The van der Waals surface area contributed by atoms with Gasteiger partial charge in [-0.1, -0.05) is 17.7 Å². The van der Waals surface area contributed by atoms with Gasteiger partial charge in [0.2, 0.25) is 0 Å². The van der Waals surface area contributed by atoms with Crippen LogP contribution in [0.5, 0.6) is 0 Å². The monoisotopic (exact) mass is 392 g/mol. The van der Waals surface area contributed by atoms with Gasteiger partial charge in [-0.05, 0) is 55.0 Å². The van der Waals surface area contributed by atoms with Crippen LogP contribution in [0, 0.1) is 6.92 Å². The Labute approximate surface area is 166 Å². The predicted molar refractivity (Wildman–Crippen MR) is 111 cm³/mol. The molecule has 0 fully saturated rings. The molecule has 7 heteroatoms. The molecule has 0 aliphatic heterocycles. The zero-order valence-electron chi connectivity index (χ0n) is 15.1. The molecule has 4 aromatic rings. The zero-order valence-corrected chi connectivity index (χ0v) is 15.8. The van der Waals surface area contributed by atoms with Gasteiger partial charge in [-0.25, -0.2) is 4.98 Å². The summed E-state index contributed by atoms with van der Waals surface area (Å²) in [5, 5.41) is 3.84. The van der Waals surface area contributed by atoms with E-state index in [2.05, 4.69) is 15.3 Å². The number of anilines is 2. The van der Waals surface area contributed by atoms with Crippen LogP contribution in [0.15, 0.2) is 75.2 Å². The van der Waals surface area contributed by atoms with E-state index in [1.807, 2.05) is 37.3 Å². The Bertz CT molecular complexity index is 1200. The van der Waals surface area contributed by atoms with Crippen LogP contribution in [0.4, 0.5) is 11.5 Å². The molecule has 0 saturated carbocycles. The van der Waals surface area contributed by atoms with Gasteiger partial charge >= 0.3 is 0 Å². The van der Waals surface area contributed by atoms with E-state index in [-0.39, 0.29) is 5.56 Å². The summed E-state index contributed by atoms with van der Waals surface area (Å²) in [4.78, 5) is 22.1. The fourth-order valence-corrected chi connectivity index (χ4v) is 2.95. The maximum atomic E-state index is 13.1. The second-order valence-electron chi connectivity index (χ2n) is 6.25. The lowest BCUT2D eigenvalue weighted by molar-refractivity contribution is 0.513. The van der Waals surface area contributed by atoms with Gasteiger partial charge in [0.25, 0.3) is 5.56 Å². The van der Waals surface area contributed by atoms with E-state index in [4.69, 9.17) is 16.0 Å². The van der Waals surface area contributed by atoms with Crippen LogP contribution in [0.1, 0.15) is 16.9 Å². The molecule has 0 aliphatic carbocycles. The van der Waals surface area contributed by atoms with Gasteiger partial charge in [0, 0.05) is 23.1 Å². The summed E-state index contributed by atoms with van der Waals surface area (Å²) >= 11 is 5.96. The molecule has 3 heterocycles. The number of benzene rings is 1. The number of nitrogens with one attached hydrogen (secondary N) is 1. The van der Waals surface area contributed by atoms with Crippen LogP contribution >= 0.6 is 11.6 Å². The summed E-state index contributed by atoms with van der Waals surface area (Å²) in [7, 11) is 0. The van der Waals surface area contributed by atoms with Crippen molar-refractivity contribution in [2.24, 2.45) is 4.99 Å². The average molecular weight is 393 g/mol. The lowest BCUT2D eigenvalue weighted by atomic mass is 10.2. The first kappa shape index (κ1) is 18.0. The number of fused-ring (bicyclic) bond motifs is 1. The Kier molecular flexibility index (Phi) is 4.95. The number of halogens is 1. The van der Waals surface area contributed by atoms with Crippen LogP contribution in [-0.2, 0) is 6.54 Å². The summed E-state index contributed by atoms with van der Waals surface area (Å²) in [6.07, 6.45) is 4.83. The first-order chi connectivity index (χ1) is 13.6. The van der Waals surface area contributed by atoms with Crippen molar-refractivity contribution in [3.63, 3.8) is 0 Å². The van der Waals surface area contributed by atoms with E-state index < -0.39 is 0 Å². The van der Waals surface area contributed by atoms with Crippen molar-refractivity contribution in [3.05, 3.63) is 93.3 Å². The third-order valence-electron chi connectivity index (χ3n) is 4.24. The number of aliphatic imine (C=N–C) groups is 1. The molecular formula is C21H17ClN4O2. The largest absolute Gasteiger partial charge is 0.467 e. The van der Waals surface area contributed by atoms with Crippen LogP contribution in [0.2, 0.25) is 5.02 Å². The topological polar surface area (TPSA) is 71.9 Å². The van der Waals surface area contributed by atoms with Crippen LogP contribution < -0.4 is 10.9 Å². The summed E-state index contributed by atoms with van der Waals surface area (Å²) in [5.74, 6) is 1.15. The van der Waals surface area contributed by atoms with Gasteiger partial charge in [0.1, 0.15) is 22.8 Å². The van der Waals surface area contributed by atoms with E-state index in [0.717, 1.165) is 11.3 Å². The van der Waals surface area contributed by atoms with Gasteiger partial charge in [-0.15, -0.1) is 0 Å². The minimum Gasteiger partial charge on any atom is -0.467 e. The fraction of sp³-hybridized carbons (Fsp3) is 0.0952.